The van der Waals surface area contributed by atoms with Crippen LogP contribution in [-0.2, 0) is 6.42 Å². The van der Waals surface area contributed by atoms with Crippen LogP contribution in [0.25, 0.3) is 0 Å². The van der Waals surface area contributed by atoms with Crippen LogP contribution < -0.4 is 10.2 Å². The molecule has 0 aliphatic carbocycles. The molecule has 1 aliphatic heterocycles. The number of fused-ring (bicyclic) bond motifs is 1. The van der Waals surface area contributed by atoms with Gasteiger partial charge in [0.25, 0.3) is 0 Å². The van der Waals surface area contributed by atoms with Crippen molar-refractivity contribution in [1.82, 2.24) is 9.97 Å². The van der Waals surface area contributed by atoms with Gasteiger partial charge < -0.3 is 10.2 Å². The second-order valence-electron chi connectivity index (χ2n) is 7.19. The minimum atomic E-state index is 0.385. The van der Waals surface area contributed by atoms with Crippen molar-refractivity contribution in [3.8, 4) is 0 Å². The van der Waals surface area contributed by atoms with Crippen molar-refractivity contribution >= 4 is 23.1 Å². The van der Waals surface area contributed by atoms with Crippen molar-refractivity contribution in [3.63, 3.8) is 0 Å². The molecule has 0 saturated carbocycles. The Morgan fingerprint density at radius 2 is 1.81 bits per heavy atom. The average Bonchev–Trinajstić information content (AvgIpc) is 2.92. The lowest BCUT2D eigenvalue weighted by atomic mass is 10.1. The van der Waals surface area contributed by atoms with Crippen LogP contribution in [0.15, 0.2) is 48.5 Å². The van der Waals surface area contributed by atoms with E-state index in [2.05, 4.69) is 84.5 Å². The predicted molar refractivity (Wildman–Crippen MR) is 108 cm³/mol. The number of anilines is 4. The Bertz CT molecular complexity index is 964. The Labute approximate surface area is 154 Å². The third-order valence-corrected chi connectivity index (χ3v) is 4.92. The molecule has 2 heterocycles. The van der Waals surface area contributed by atoms with E-state index in [1.165, 1.54) is 22.4 Å². The van der Waals surface area contributed by atoms with Crippen molar-refractivity contribution < 1.29 is 0 Å². The summed E-state index contributed by atoms with van der Waals surface area (Å²) in [5.74, 6) is 1.59. The highest BCUT2D eigenvalue weighted by Crippen LogP contribution is 2.37. The largest absolute Gasteiger partial charge is 0.324 e. The maximum absolute atomic E-state index is 4.83. The van der Waals surface area contributed by atoms with Gasteiger partial charge in [-0.1, -0.05) is 35.9 Å². The lowest BCUT2D eigenvalue weighted by Crippen LogP contribution is -2.25. The summed E-state index contributed by atoms with van der Waals surface area (Å²) in [5.41, 5.74) is 7.06. The number of nitrogens with zero attached hydrogens (tertiary/aromatic N) is 3. The van der Waals surface area contributed by atoms with E-state index in [0.717, 1.165) is 23.6 Å². The molecule has 0 fully saturated rings. The van der Waals surface area contributed by atoms with Crippen molar-refractivity contribution in [1.29, 1.82) is 0 Å². The highest BCUT2D eigenvalue weighted by atomic mass is 15.3. The summed E-state index contributed by atoms with van der Waals surface area (Å²) in [4.78, 5) is 11.7. The maximum Gasteiger partial charge on any atom is 0.229 e. The smallest absolute Gasteiger partial charge is 0.229 e. The standard InChI is InChI=1S/C22H24N4/c1-14-9-10-19(15(2)11-14)24-22-23-16(3)12-21(25-22)26-17(4)13-18-7-5-6-8-20(18)26/h5-12,17H,13H2,1-4H3,(H,23,24,25). The summed E-state index contributed by atoms with van der Waals surface area (Å²) in [5, 5.41) is 3.39. The first-order valence-electron chi connectivity index (χ1n) is 9.08. The molecule has 3 aromatic rings. The van der Waals surface area contributed by atoms with Gasteiger partial charge in [-0.15, -0.1) is 0 Å². The third kappa shape index (κ3) is 3.03. The molecule has 0 radical (unpaired) electrons. The Kier molecular flexibility index (Phi) is 4.11. The van der Waals surface area contributed by atoms with Gasteiger partial charge in [-0.2, -0.15) is 4.98 Å². The minimum absolute atomic E-state index is 0.385. The van der Waals surface area contributed by atoms with Crippen molar-refractivity contribution in [2.24, 2.45) is 0 Å². The number of hydrogen-bond donors (Lipinski definition) is 1. The van der Waals surface area contributed by atoms with Gasteiger partial charge in [-0.25, -0.2) is 4.98 Å². The first-order valence-corrected chi connectivity index (χ1v) is 9.08. The highest BCUT2D eigenvalue weighted by Gasteiger charge is 2.28. The molecule has 0 bridgehead atoms. The SMILES string of the molecule is Cc1ccc(Nc2nc(C)cc(N3c4ccccc4CC3C)n2)c(C)c1. The lowest BCUT2D eigenvalue weighted by Gasteiger charge is -2.24. The summed E-state index contributed by atoms with van der Waals surface area (Å²) in [6, 6.07) is 17.4. The Balaban J connectivity index is 1.71. The molecule has 1 atom stereocenters. The number of aryl methyl sites for hydroxylation is 3. The number of rotatable bonds is 3. The van der Waals surface area contributed by atoms with Crippen LogP contribution in [0.5, 0.6) is 0 Å². The number of aromatic nitrogens is 2. The molecule has 1 aliphatic rings. The number of benzene rings is 2. The second-order valence-corrected chi connectivity index (χ2v) is 7.19. The fraction of sp³-hybridized carbons (Fsp3) is 0.273. The zero-order chi connectivity index (χ0) is 18.3. The topological polar surface area (TPSA) is 41.1 Å². The normalized spacial score (nSPS) is 15.8. The van der Waals surface area contributed by atoms with Crippen molar-refractivity contribution in [2.75, 3.05) is 10.2 Å². The molecule has 1 aromatic heterocycles. The van der Waals surface area contributed by atoms with E-state index < -0.39 is 0 Å². The lowest BCUT2D eigenvalue weighted by molar-refractivity contribution is 0.749. The van der Waals surface area contributed by atoms with Crippen LogP contribution in [-0.4, -0.2) is 16.0 Å². The number of para-hydroxylation sites is 1. The molecule has 0 spiro atoms. The van der Waals surface area contributed by atoms with Gasteiger partial charge in [0.1, 0.15) is 5.82 Å². The first kappa shape index (κ1) is 16.6. The van der Waals surface area contributed by atoms with E-state index in [9.17, 15) is 0 Å². The summed E-state index contributed by atoms with van der Waals surface area (Å²) < 4.78 is 0. The van der Waals surface area contributed by atoms with Gasteiger partial charge >= 0.3 is 0 Å². The molecule has 4 heteroatoms. The molecule has 132 valence electrons. The molecule has 0 amide bonds. The van der Waals surface area contributed by atoms with Gasteiger partial charge in [0, 0.05) is 29.2 Å². The van der Waals surface area contributed by atoms with E-state index in [0.29, 0.717) is 12.0 Å². The van der Waals surface area contributed by atoms with Gasteiger partial charge in [0.2, 0.25) is 5.95 Å². The Morgan fingerprint density at radius 1 is 1.00 bits per heavy atom. The molecule has 0 saturated heterocycles. The van der Waals surface area contributed by atoms with Crippen molar-refractivity contribution in [2.45, 2.75) is 40.2 Å². The summed E-state index contributed by atoms with van der Waals surface area (Å²) in [6.45, 7) is 8.47. The molecule has 4 nitrogen and oxygen atoms in total. The Morgan fingerprint density at radius 3 is 2.62 bits per heavy atom. The first-order chi connectivity index (χ1) is 12.5. The maximum atomic E-state index is 4.83. The van der Waals surface area contributed by atoms with Crippen molar-refractivity contribution in [3.05, 3.63) is 70.9 Å². The van der Waals surface area contributed by atoms with Crippen LogP contribution in [0.3, 0.4) is 0 Å². The summed E-state index contributed by atoms with van der Waals surface area (Å²) in [7, 11) is 0. The summed E-state index contributed by atoms with van der Waals surface area (Å²) in [6.07, 6.45) is 1.04. The van der Waals surface area contributed by atoms with E-state index >= 15 is 0 Å². The molecular weight excluding hydrogens is 320 g/mol. The van der Waals surface area contributed by atoms with Crippen LogP contribution in [0.4, 0.5) is 23.1 Å². The minimum Gasteiger partial charge on any atom is -0.324 e. The van der Waals surface area contributed by atoms with E-state index in [4.69, 9.17) is 4.98 Å². The fourth-order valence-corrected chi connectivity index (χ4v) is 3.72. The molecule has 1 N–H and O–H groups in total. The van der Waals surface area contributed by atoms with E-state index in [-0.39, 0.29) is 0 Å². The molecule has 26 heavy (non-hydrogen) atoms. The predicted octanol–water partition coefficient (Wildman–Crippen LogP) is 5.23. The quantitative estimate of drug-likeness (QED) is 0.706. The van der Waals surface area contributed by atoms with Crippen LogP contribution in [0.1, 0.15) is 29.3 Å². The van der Waals surface area contributed by atoms with Gasteiger partial charge in [-0.05, 0) is 57.4 Å². The molecule has 4 rings (SSSR count). The van der Waals surface area contributed by atoms with Crippen LogP contribution in [0.2, 0.25) is 0 Å². The van der Waals surface area contributed by atoms with Gasteiger partial charge in [-0.3, -0.25) is 0 Å². The molecule has 1 unspecified atom stereocenters. The van der Waals surface area contributed by atoms with Gasteiger partial charge in [0.05, 0.1) is 0 Å². The summed E-state index contributed by atoms with van der Waals surface area (Å²) >= 11 is 0. The molecular formula is C22H24N4. The van der Waals surface area contributed by atoms with Gasteiger partial charge in [0.15, 0.2) is 0 Å². The second kappa shape index (κ2) is 6.45. The third-order valence-electron chi connectivity index (χ3n) is 4.92. The number of nitrogens with one attached hydrogen (secondary N) is 1. The Hall–Kier alpha value is -2.88. The van der Waals surface area contributed by atoms with E-state index in [1.54, 1.807) is 0 Å². The zero-order valence-electron chi connectivity index (χ0n) is 15.7. The highest BCUT2D eigenvalue weighted by molar-refractivity contribution is 5.70. The number of hydrogen-bond acceptors (Lipinski definition) is 4. The van der Waals surface area contributed by atoms with E-state index in [1.807, 2.05) is 6.92 Å². The average molecular weight is 344 g/mol. The zero-order valence-corrected chi connectivity index (χ0v) is 15.7. The van der Waals surface area contributed by atoms with Crippen LogP contribution >= 0.6 is 0 Å². The fourth-order valence-electron chi connectivity index (χ4n) is 3.72. The molecule has 2 aromatic carbocycles. The van der Waals surface area contributed by atoms with Crippen LogP contribution in [0, 0.1) is 20.8 Å². The monoisotopic (exact) mass is 344 g/mol.